The number of aliphatic hydroxyl groups excluding tert-OH is 1. The number of aromatic carboxylic acids is 1. The summed E-state index contributed by atoms with van der Waals surface area (Å²) in [5.74, 6) is -1.06. The van der Waals surface area contributed by atoms with E-state index in [1.165, 1.54) is 31.3 Å². The van der Waals surface area contributed by atoms with Crippen molar-refractivity contribution in [1.29, 1.82) is 0 Å². The Labute approximate surface area is 297 Å². The van der Waals surface area contributed by atoms with Crippen LogP contribution in [0.2, 0.25) is 5.02 Å². The van der Waals surface area contributed by atoms with Crippen molar-refractivity contribution in [2.24, 2.45) is 5.41 Å². The summed E-state index contributed by atoms with van der Waals surface area (Å²) < 4.78 is 17.7. The van der Waals surface area contributed by atoms with Crippen molar-refractivity contribution in [2.75, 3.05) is 32.3 Å². The molecule has 0 spiro atoms. The molecule has 231 valence electrons. The molecule has 2 atom stereocenters. The van der Waals surface area contributed by atoms with Gasteiger partial charge in [0.2, 0.25) is 5.91 Å². The number of para-hydroxylation sites is 1. The number of amides is 2. The largest absolute Gasteiger partial charge is 0.493 e. The van der Waals surface area contributed by atoms with Gasteiger partial charge in [-0.1, -0.05) is 49.7 Å². The molecule has 3 N–H and O–H groups in total. The number of nitrogens with zero attached hydrogens (tertiary/aromatic N) is 1. The van der Waals surface area contributed by atoms with E-state index in [9.17, 15) is 19.5 Å². The Balaban J connectivity index is 0.00000529. The second-order valence-electron chi connectivity index (χ2n) is 11.0. The van der Waals surface area contributed by atoms with Crippen molar-refractivity contribution in [2.45, 2.75) is 39.0 Å². The monoisotopic (exact) mass is 837 g/mol. The van der Waals surface area contributed by atoms with E-state index in [0.29, 0.717) is 38.9 Å². The molecule has 0 saturated heterocycles. The molecule has 1 aliphatic rings. The van der Waals surface area contributed by atoms with Gasteiger partial charge in [0, 0.05) is 91.0 Å². The molecule has 3 aromatic carbocycles. The number of fused-ring (bicyclic) bond motifs is 1. The molecule has 0 bridgehead atoms. The van der Waals surface area contributed by atoms with Crippen molar-refractivity contribution in [1.82, 2.24) is 5.32 Å². The Hall–Kier alpha value is -2.68. The van der Waals surface area contributed by atoms with E-state index in [0.717, 1.165) is 0 Å². The number of anilines is 1. The first-order valence-electron chi connectivity index (χ1n) is 13.6. The fourth-order valence-electron chi connectivity index (χ4n) is 4.91. The van der Waals surface area contributed by atoms with Crippen LogP contribution in [-0.4, -0.2) is 61.5 Å². The smallest absolute Gasteiger partial charge is 0.335 e. The van der Waals surface area contributed by atoms with Gasteiger partial charge >= 0.3 is 5.97 Å². The normalized spacial score (nSPS) is 16.3. The van der Waals surface area contributed by atoms with Gasteiger partial charge in [0.1, 0.15) is 12.2 Å². The first-order valence-corrected chi connectivity index (χ1v) is 14.0. The third-order valence-corrected chi connectivity index (χ3v) is 7.43. The predicted molar refractivity (Wildman–Crippen MR) is 161 cm³/mol. The van der Waals surface area contributed by atoms with E-state index in [4.69, 9.17) is 30.9 Å². The van der Waals surface area contributed by atoms with Crippen LogP contribution in [0.25, 0.3) is 0 Å². The average molecular weight is 838 g/mol. The zero-order valence-corrected chi connectivity index (χ0v) is 30.5. The van der Waals surface area contributed by atoms with Crippen molar-refractivity contribution >= 4 is 35.1 Å². The minimum atomic E-state index is -1.21. The zero-order valence-electron chi connectivity index (χ0n) is 25.0. The second-order valence-corrected chi connectivity index (χ2v) is 11.5. The topological polar surface area (TPSA) is 135 Å². The summed E-state index contributed by atoms with van der Waals surface area (Å²) in [5, 5.41) is 22.4. The minimum Gasteiger partial charge on any atom is -0.493 e. The predicted octanol–water partition coefficient (Wildman–Crippen LogP) is 4.60. The molecule has 0 unspecified atom stereocenters. The number of nitrogens with one attached hydrogen (secondary N) is 1. The molecule has 2 amide bonds. The van der Waals surface area contributed by atoms with Crippen molar-refractivity contribution in [3.63, 3.8) is 0 Å². The maximum atomic E-state index is 14.1. The van der Waals surface area contributed by atoms with Gasteiger partial charge in [0.15, 0.2) is 11.5 Å². The molecular weight excluding hydrogens is 803 g/mol. The molecule has 0 saturated carbocycles. The molecule has 4 rings (SSSR count). The number of carbonyl (C=O) groups excluding carboxylic acids is 2. The summed E-state index contributed by atoms with van der Waals surface area (Å²) in [6.07, 6.45) is -2.38. The number of carboxylic acid groups (broad SMARTS) is 1. The number of ether oxygens (including phenoxy) is 3. The van der Waals surface area contributed by atoms with Gasteiger partial charge in [-0.3, -0.25) is 9.59 Å². The number of methoxy groups -OCH3 is 2. The summed E-state index contributed by atoms with van der Waals surface area (Å²) >= 11 is 6.46. The van der Waals surface area contributed by atoms with Crippen LogP contribution in [0.1, 0.15) is 53.4 Å². The molecule has 0 fully saturated rings. The Bertz CT molecular complexity index is 1500. The van der Waals surface area contributed by atoms with Crippen LogP contribution in [0.15, 0.2) is 60.7 Å². The molecule has 44 heavy (non-hydrogen) atoms. The summed E-state index contributed by atoms with van der Waals surface area (Å²) in [6.45, 7) is 3.77. The molecule has 1 radical (unpaired) electrons. The Morgan fingerprint density at radius 2 is 1.75 bits per heavy atom. The molecular formula is C32H35AcClN2O8. The molecule has 0 aromatic heterocycles. The number of halogens is 1. The Morgan fingerprint density at radius 3 is 2.36 bits per heavy atom. The van der Waals surface area contributed by atoms with Gasteiger partial charge in [-0.15, -0.1) is 0 Å². The number of hydrogen-bond acceptors (Lipinski definition) is 7. The van der Waals surface area contributed by atoms with Crippen LogP contribution >= 0.6 is 11.6 Å². The van der Waals surface area contributed by atoms with E-state index >= 15 is 0 Å². The van der Waals surface area contributed by atoms with Gasteiger partial charge < -0.3 is 34.6 Å². The molecule has 1 aliphatic heterocycles. The van der Waals surface area contributed by atoms with Crippen LogP contribution in [-0.2, 0) is 20.9 Å². The van der Waals surface area contributed by atoms with Gasteiger partial charge in [-0.05, 0) is 42.0 Å². The number of aliphatic hydroxyl groups is 1. The van der Waals surface area contributed by atoms with E-state index in [2.05, 4.69) is 5.32 Å². The molecule has 0 aliphatic carbocycles. The second kappa shape index (κ2) is 15.5. The van der Waals surface area contributed by atoms with Crippen LogP contribution in [0, 0.1) is 49.5 Å². The third-order valence-electron chi connectivity index (χ3n) is 7.20. The fraction of sp³-hybridized carbons (Fsp3) is 0.344. The van der Waals surface area contributed by atoms with Crippen LogP contribution in [0.5, 0.6) is 11.5 Å². The molecule has 12 heteroatoms. The molecule has 3 aromatic rings. The fourth-order valence-corrected chi connectivity index (χ4v) is 5.09. The molecule has 1 heterocycles. The first-order chi connectivity index (χ1) is 20.5. The van der Waals surface area contributed by atoms with Crippen LogP contribution in [0.3, 0.4) is 0 Å². The van der Waals surface area contributed by atoms with E-state index in [-0.39, 0.29) is 75.7 Å². The van der Waals surface area contributed by atoms with E-state index < -0.39 is 35.4 Å². The summed E-state index contributed by atoms with van der Waals surface area (Å²) in [4.78, 5) is 40.0. The maximum absolute atomic E-state index is 14.1. The number of carboxylic acids is 1. The maximum Gasteiger partial charge on any atom is 0.335 e. The number of rotatable bonds is 11. The zero-order chi connectivity index (χ0) is 31.3. The van der Waals surface area contributed by atoms with Gasteiger partial charge in [0.05, 0.1) is 26.2 Å². The SMILES string of the molecule is COc1cccc([C@H]2O[C@H](CC(=O)NCc3ccc(C(=O)O)cc3)C(=O)N(CC(C)(C)CO)c3ccc(Cl)cc32)c1OC.[Ac]. The quantitative estimate of drug-likeness (QED) is 0.256. The molecule has 10 nitrogen and oxygen atoms in total. The number of carbonyl (C=O) groups is 3. The number of hydrogen-bond donors (Lipinski definition) is 3. The summed E-state index contributed by atoms with van der Waals surface area (Å²) in [7, 11) is 3.02. The minimum absolute atomic E-state index is 0. The standard InChI is InChI=1S/C32H35ClN2O8.Ac/c1-32(2,18-36)17-35-24-13-12-21(33)14-23(24)28(22-6-5-7-25(41-3)29(22)42-4)43-26(30(35)38)15-27(37)34-16-19-8-10-20(11-9-19)31(39)40;/h5-14,26,28,36H,15-18H2,1-4H3,(H,34,37)(H,39,40);/t26-,28-;/m1./s1. The van der Waals surface area contributed by atoms with Crippen LogP contribution < -0.4 is 19.7 Å². The third kappa shape index (κ3) is 8.32. The van der Waals surface area contributed by atoms with Crippen molar-refractivity contribution in [3.05, 3.63) is 87.9 Å². The van der Waals surface area contributed by atoms with Gasteiger partial charge in [-0.2, -0.15) is 0 Å². The van der Waals surface area contributed by atoms with E-state index in [1.807, 2.05) is 13.8 Å². The average Bonchev–Trinajstić information content (AvgIpc) is 3.09. The first kappa shape index (κ1) is 35.8. The summed E-state index contributed by atoms with van der Waals surface area (Å²) in [5.41, 5.74) is 1.85. The van der Waals surface area contributed by atoms with Crippen molar-refractivity contribution < 1.29 is 82.9 Å². The number of benzene rings is 3. The van der Waals surface area contributed by atoms with Crippen LogP contribution in [0.4, 0.5) is 5.69 Å². The summed E-state index contributed by atoms with van der Waals surface area (Å²) in [6, 6.07) is 16.6. The Kier molecular flexibility index (Phi) is 12.6. The van der Waals surface area contributed by atoms with Gasteiger partial charge in [0.25, 0.3) is 5.91 Å². The van der Waals surface area contributed by atoms with E-state index in [1.54, 1.807) is 48.5 Å². The van der Waals surface area contributed by atoms with Crippen molar-refractivity contribution in [3.8, 4) is 11.5 Å². The van der Waals surface area contributed by atoms with Gasteiger partial charge in [-0.25, -0.2) is 4.79 Å². The Morgan fingerprint density at radius 1 is 1.05 bits per heavy atom.